The van der Waals surface area contributed by atoms with E-state index in [0.717, 1.165) is 70.7 Å². The first kappa shape index (κ1) is 32.3. The van der Waals surface area contributed by atoms with Crippen LogP contribution in [-0.2, 0) is 25.7 Å². The summed E-state index contributed by atoms with van der Waals surface area (Å²) in [5.74, 6) is 0. The highest BCUT2D eigenvalue weighted by Crippen LogP contribution is 2.21. The summed E-state index contributed by atoms with van der Waals surface area (Å²) in [6.07, 6.45) is 21.0. The van der Waals surface area contributed by atoms with Crippen LogP contribution in [0.4, 0.5) is 0 Å². The van der Waals surface area contributed by atoms with Crippen LogP contribution in [0.3, 0.4) is 0 Å². The predicted octanol–water partition coefficient (Wildman–Crippen LogP) is 11.4. The highest BCUT2D eigenvalue weighted by molar-refractivity contribution is 5.81. The first-order chi connectivity index (χ1) is 22.6. The summed E-state index contributed by atoms with van der Waals surface area (Å²) < 4.78 is 0. The molecule has 46 heavy (non-hydrogen) atoms. The Morgan fingerprint density at radius 2 is 0.587 bits per heavy atom. The third-order valence-corrected chi connectivity index (χ3v) is 8.18. The maximum Gasteiger partial charge on any atom is 0.0894 e. The molecule has 0 N–H and O–H groups in total. The van der Waals surface area contributed by atoms with Crippen LogP contribution in [0.15, 0.2) is 97.1 Å². The standard InChI is InChI=1S/C44H44N2/c1-5-33-13-9-17-37(29-33)21-25-41-42(26-22-38-18-10-14-34(6-2)30-38)46-44(28-24-40-20-12-16-36(8-4)32-40)43(45-41)27-23-39-19-11-15-35(7-3)31-39/h9-32H,5-8H2,1-4H3. The van der Waals surface area contributed by atoms with Gasteiger partial charge in [0.25, 0.3) is 0 Å². The van der Waals surface area contributed by atoms with Gasteiger partial charge in [-0.2, -0.15) is 0 Å². The highest BCUT2D eigenvalue weighted by atomic mass is 14.8. The summed E-state index contributed by atoms with van der Waals surface area (Å²) >= 11 is 0. The van der Waals surface area contributed by atoms with E-state index in [1.165, 1.54) is 22.3 Å². The van der Waals surface area contributed by atoms with E-state index in [4.69, 9.17) is 9.97 Å². The van der Waals surface area contributed by atoms with Crippen molar-refractivity contribution in [2.75, 3.05) is 0 Å². The van der Waals surface area contributed by atoms with Crippen LogP contribution in [0.5, 0.6) is 0 Å². The largest absolute Gasteiger partial charge is 0.245 e. The average Bonchev–Trinajstić information content (AvgIpc) is 3.12. The molecular weight excluding hydrogens is 556 g/mol. The third kappa shape index (κ3) is 8.99. The first-order valence-electron chi connectivity index (χ1n) is 16.6. The van der Waals surface area contributed by atoms with Gasteiger partial charge in [0.2, 0.25) is 0 Å². The number of nitrogens with zero attached hydrogens (tertiary/aromatic N) is 2. The van der Waals surface area contributed by atoms with Crippen molar-refractivity contribution in [3.8, 4) is 0 Å². The fourth-order valence-corrected chi connectivity index (χ4v) is 5.35. The van der Waals surface area contributed by atoms with Gasteiger partial charge in [0.15, 0.2) is 0 Å². The van der Waals surface area contributed by atoms with Crippen molar-refractivity contribution in [3.05, 3.63) is 164 Å². The number of benzene rings is 4. The van der Waals surface area contributed by atoms with E-state index in [-0.39, 0.29) is 0 Å². The molecule has 0 bridgehead atoms. The summed E-state index contributed by atoms with van der Waals surface area (Å²) in [5, 5.41) is 0. The molecule has 4 aromatic carbocycles. The van der Waals surface area contributed by atoms with E-state index in [1.807, 2.05) is 0 Å². The van der Waals surface area contributed by atoms with Gasteiger partial charge in [-0.1, -0.05) is 149 Å². The minimum absolute atomic E-state index is 0.830. The molecular formula is C44H44N2. The molecule has 0 aliphatic heterocycles. The Morgan fingerprint density at radius 3 is 0.804 bits per heavy atom. The van der Waals surface area contributed by atoms with Gasteiger partial charge in [-0.25, -0.2) is 9.97 Å². The van der Waals surface area contributed by atoms with Crippen molar-refractivity contribution < 1.29 is 0 Å². The second-order valence-corrected chi connectivity index (χ2v) is 11.5. The summed E-state index contributed by atoms with van der Waals surface area (Å²) in [7, 11) is 0. The Labute approximate surface area is 275 Å². The molecule has 0 aliphatic rings. The van der Waals surface area contributed by atoms with Crippen LogP contribution in [0.1, 0.15) is 95.0 Å². The molecule has 2 nitrogen and oxygen atoms in total. The van der Waals surface area contributed by atoms with Crippen LogP contribution in [0.2, 0.25) is 0 Å². The Kier molecular flexibility index (Phi) is 11.4. The topological polar surface area (TPSA) is 25.8 Å². The number of aromatic nitrogens is 2. The van der Waals surface area contributed by atoms with Crippen molar-refractivity contribution in [1.82, 2.24) is 9.97 Å². The fraction of sp³-hybridized carbons (Fsp3) is 0.182. The molecule has 0 saturated carbocycles. The molecule has 230 valence electrons. The van der Waals surface area contributed by atoms with Gasteiger partial charge in [0.1, 0.15) is 0 Å². The third-order valence-electron chi connectivity index (χ3n) is 8.18. The van der Waals surface area contributed by atoms with Crippen LogP contribution < -0.4 is 0 Å². The molecule has 0 amide bonds. The molecule has 5 aromatic rings. The maximum absolute atomic E-state index is 5.24. The Bertz CT molecular complexity index is 1610. The molecule has 0 unspecified atom stereocenters. The second kappa shape index (κ2) is 16.3. The molecule has 5 rings (SSSR count). The van der Waals surface area contributed by atoms with Gasteiger partial charge in [-0.3, -0.25) is 0 Å². The SMILES string of the molecule is CCc1cccc(C=Cc2nc(C=Cc3cccc(CC)c3)c(C=Cc3cccc(CC)c3)nc2C=Cc2cccc(CC)c2)c1. The van der Waals surface area contributed by atoms with E-state index in [0.29, 0.717) is 0 Å². The number of aryl methyl sites for hydroxylation is 4. The van der Waals surface area contributed by atoms with E-state index < -0.39 is 0 Å². The molecule has 0 atom stereocenters. The molecule has 1 heterocycles. The van der Waals surface area contributed by atoms with Crippen molar-refractivity contribution >= 4 is 48.6 Å². The fourth-order valence-electron chi connectivity index (χ4n) is 5.35. The zero-order valence-electron chi connectivity index (χ0n) is 27.6. The lowest BCUT2D eigenvalue weighted by molar-refractivity contribution is 1.12. The number of hydrogen-bond donors (Lipinski definition) is 0. The minimum Gasteiger partial charge on any atom is -0.245 e. The van der Waals surface area contributed by atoms with Crippen molar-refractivity contribution in [1.29, 1.82) is 0 Å². The smallest absolute Gasteiger partial charge is 0.0894 e. The maximum atomic E-state index is 5.24. The molecule has 0 saturated heterocycles. The highest BCUT2D eigenvalue weighted by Gasteiger charge is 2.09. The normalized spacial score (nSPS) is 11.9. The van der Waals surface area contributed by atoms with E-state index in [2.05, 4.69) is 173 Å². The van der Waals surface area contributed by atoms with E-state index in [9.17, 15) is 0 Å². The second-order valence-electron chi connectivity index (χ2n) is 11.5. The molecule has 0 aliphatic carbocycles. The van der Waals surface area contributed by atoms with Gasteiger partial charge in [0.05, 0.1) is 22.8 Å². The van der Waals surface area contributed by atoms with Crippen LogP contribution in [0.25, 0.3) is 48.6 Å². The summed E-state index contributed by atoms with van der Waals surface area (Å²) in [4.78, 5) is 10.5. The lowest BCUT2D eigenvalue weighted by Crippen LogP contribution is -2.00. The first-order valence-corrected chi connectivity index (χ1v) is 16.6. The number of rotatable bonds is 12. The predicted molar refractivity (Wildman–Crippen MR) is 201 cm³/mol. The van der Waals surface area contributed by atoms with Crippen molar-refractivity contribution in [3.63, 3.8) is 0 Å². The quantitative estimate of drug-likeness (QED) is 0.142. The zero-order valence-corrected chi connectivity index (χ0v) is 27.6. The Balaban J connectivity index is 1.63. The monoisotopic (exact) mass is 600 g/mol. The lowest BCUT2D eigenvalue weighted by Gasteiger charge is -2.08. The summed E-state index contributed by atoms with van der Waals surface area (Å²) in [5.41, 5.74) is 13.2. The van der Waals surface area contributed by atoms with Gasteiger partial charge in [-0.15, -0.1) is 0 Å². The lowest BCUT2D eigenvalue weighted by atomic mass is 10.1. The van der Waals surface area contributed by atoms with Gasteiger partial charge in [-0.05, 0) is 94.5 Å². The molecule has 0 fully saturated rings. The molecule has 0 radical (unpaired) electrons. The van der Waals surface area contributed by atoms with Gasteiger partial charge in [0, 0.05) is 0 Å². The van der Waals surface area contributed by atoms with Crippen LogP contribution in [-0.4, -0.2) is 9.97 Å². The molecule has 2 heteroatoms. The molecule has 1 aromatic heterocycles. The Morgan fingerprint density at radius 1 is 0.348 bits per heavy atom. The van der Waals surface area contributed by atoms with Crippen LogP contribution in [0, 0.1) is 0 Å². The van der Waals surface area contributed by atoms with Crippen molar-refractivity contribution in [2.24, 2.45) is 0 Å². The van der Waals surface area contributed by atoms with E-state index >= 15 is 0 Å². The number of hydrogen-bond acceptors (Lipinski definition) is 2. The van der Waals surface area contributed by atoms with E-state index in [1.54, 1.807) is 0 Å². The van der Waals surface area contributed by atoms with Crippen LogP contribution >= 0.6 is 0 Å². The summed E-state index contributed by atoms with van der Waals surface area (Å²) in [6.45, 7) is 8.74. The van der Waals surface area contributed by atoms with Crippen molar-refractivity contribution in [2.45, 2.75) is 53.4 Å². The average molecular weight is 601 g/mol. The van der Waals surface area contributed by atoms with Gasteiger partial charge >= 0.3 is 0 Å². The Hall–Kier alpha value is -5.08. The summed E-state index contributed by atoms with van der Waals surface area (Å²) in [6, 6.07) is 34.6. The molecule has 0 spiro atoms. The van der Waals surface area contributed by atoms with Gasteiger partial charge < -0.3 is 0 Å². The zero-order chi connectivity index (χ0) is 32.1. The minimum atomic E-state index is 0.830.